The van der Waals surface area contributed by atoms with Crippen molar-refractivity contribution in [2.45, 2.75) is 18.4 Å². The maximum Gasteiger partial charge on any atom is 0.242 e. The van der Waals surface area contributed by atoms with E-state index in [1.165, 1.54) is 11.3 Å². The molecule has 0 aliphatic heterocycles. The number of hydrogen-bond donors (Lipinski definition) is 2. The van der Waals surface area contributed by atoms with E-state index in [-0.39, 0.29) is 11.4 Å². The van der Waals surface area contributed by atoms with Crippen molar-refractivity contribution < 1.29 is 8.42 Å². The molecule has 0 spiro atoms. The summed E-state index contributed by atoms with van der Waals surface area (Å²) in [6.45, 7) is 2.82. The van der Waals surface area contributed by atoms with E-state index >= 15 is 0 Å². The molecule has 0 saturated heterocycles. The molecule has 0 saturated carbocycles. The summed E-state index contributed by atoms with van der Waals surface area (Å²) in [6, 6.07) is 10.4. The quantitative estimate of drug-likeness (QED) is 0.854. The highest BCUT2D eigenvalue weighted by Gasteiger charge is 2.17. The van der Waals surface area contributed by atoms with Crippen molar-refractivity contribution in [3.05, 3.63) is 45.6 Å². The van der Waals surface area contributed by atoms with Crippen LogP contribution in [0.1, 0.15) is 11.8 Å². The Morgan fingerprint density at radius 1 is 1.20 bits per heavy atom. The van der Waals surface area contributed by atoms with Gasteiger partial charge in [0.1, 0.15) is 4.90 Å². The molecule has 0 unspecified atom stereocenters. The first-order valence-corrected chi connectivity index (χ1v) is 8.77. The second-order valence-electron chi connectivity index (χ2n) is 4.06. The Morgan fingerprint density at radius 3 is 2.60 bits per heavy atom. The van der Waals surface area contributed by atoms with Crippen molar-refractivity contribution in [1.82, 2.24) is 4.72 Å². The van der Waals surface area contributed by atoms with Crippen molar-refractivity contribution in [2.24, 2.45) is 0 Å². The highest BCUT2D eigenvalue weighted by atomic mass is 35.5. The summed E-state index contributed by atoms with van der Waals surface area (Å²) in [5, 5.41) is 3.05. The maximum atomic E-state index is 12.3. The molecule has 1 aromatic heterocycles. The number of para-hydroxylation sites is 1. The van der Waals surface area contributed by atoms with Crippen LogP contribution in [0.25, 0.3) is 0 Å². The predicted octanol–water partition coefficient (Wildman–Crippen LogP) is 3.31. The lowest BCUT2D eigenvalue weighted by Gasteiger charge is -2.11. The van der Waals surface area contributed by atoms with E-state index in [2.05, 4.69) is 10.0 Å². The summed E-state index contributed by atoms with van der Waals surface area (Å²) in [6.07, 6.45) is 0. The molecule has 0 bridgehead atoms. The minimum Gasteiger partial charge on any atom is -0.384 e. The molecule has 0 aliphatic carbocycles. The molecule has 2 N–H and O–H groups in total. The lowest BCUT2D eigenvalue weighted by molar-refractivity contribution is 0.582. The number of benzene rings is 1. The van der Waals surface area contributed by atoms with Crippen LogP contribution in [0.4, 0.5) is 5.69 Å². The third-order valence-electron chi connectivity index (χ3n) is 2.61. The van der Waals surface area contributed by atoms with Gasteiger partial charge in [-0.2, -0.15) is 0 Å². The predicted molar refractivity (Wildman–Crippen MR) is 84.0 cm³/mol. The van der Waals surface area contributed by atoms with Crippen molar-refractivity contribution in [2.75, 3.05) is 11.9 Å². The molecular formula is C13H15ClN2O2S2. The molecule has 1 heterocycles. The largest absolute Gasteiger partial charge is 0.384 e. The number of halogens is 1. The second-order valence-corrected chi connectivity index (χ2v) is 7.59. The van der Waals surface area contributed by atoms with Gasteiger partial charge in [-0.3, -0.25) is 0 Å². The van der Waals surface area contributed by atoms with Crippen LogP contribution < -0.4 is 10.0 Å². The fraction of sp³-hybridized carbons (Fsp3) is 0.231. The summed E-state index contributed by atoms with van der Waals surface area (Å²) in [7, 11) is -3.55. The fourth-order valence-corrected chi connectivity index (χ4v) is 4.04. The van der Waals surface area contributed by atoms with Gasteiger partial charge < -0.3 is 5.32 Å². The Labute approximate surface area is 127 Å². The van der Waals surface area contributed by atoms with E-state index in [0.29, 0.717) is 16.6 Å². The van der Waals surface area contributed by atoms with Gasteiger partial charge in [-0.1, -0.05) is 23.7 Å². The number of anilines is 1. The van der Waals surface area contributed by atoms with Crippen molar-refractivity contribution >= 4 is 38.6 Å². The monoisotopic (exact) mass is 330 g/mol. The first-order chi connectivity index (χ1) is 9.53. The van der Waals surface area contributed by atoms with Gasteiger partial charge in [0.05, 0.1) is 10.0 Å². The summed E-state index contributed by atoms with van der Waals surface area (Å²) in [5.41, 5.74) is 0.603. The minimum atomic E-state index is -3.55. The molecule has 0 atom stereocenters. The van der Waals surface area contributed by atoms with E-state index in [1.54, 1.807) is 30.3 Å². The van der Waals surface area contributed by atoms with Crippen LogP contribution in [0.5, 0.6) is 0 Å². The minimum absolute atomic E-state index is 0.236. The van der Waals surface area contributed by atoms with Gasteiger partial charge in [0, 0.05) is 18.0 Å². The standard InChI is InChI=1S/C13H15ClN2O2S2/c1-2-15-11-5-3-4-6-12(11)20(17,18)16-9-10-7-8-13(14)19-10/h3-8,15-16H,2,9H2,1H3. The average Bonchev–Trinajstić information content (AvgIpc) is 2.83. The lowest BCUT2D eigenvalue weighted by atomic mass is 10.3. The normalized spacial score (nSPS) is 11.5. The average molecular weight is 331 g/mol. The van der Waals surface area contributed by atoms with Gasteiger partial charge in [-0.15, -0.1) is 11.3 Å². The Balaban J connectivity index is 2.18. The zero-order valence-corrected chi connectivity index (χ0v) is 13.3. The van der Waals surface area contributed by atoms with Crippen LogP contribution in [0, 0.1) is 0 Å². The molecule has 1 aromatic carbocycles. The van der Waals surface area contributed by atoms with Gasteiger partial charge in [-0.05, 0) is 31.2 Å². The van der Waals surface area contributed by atoms with Gasteiger partial charge in [0.2, 0.25) is 10.0 Å². The molecule has 0 radical (unpaired) electrons. The summed E-state index contributed by atoms with van der Waals surface area (Å²) >= 11 is 7.19. The summed E-state index contributed by atoms with van der Waals surface area (Å²) < 4.78 is 27.9. The third-order valence-corrected chi connectivity index (χ3v) is 5.30. The van der Waals surface area contributed by atoms with E-state index in [1.807, 2.05) is 13.0 Å². The van der Waals surface area contributed by atoms with E-state index < -0.39 is 10.0 Å². The van der Waals surface area contributed by atoms with E-state index in [4.69, 9.17) is 11.6 Å². The number of thiophene rings is 1. The van der Waals surface area contributed by atoms with Gasteiger partial charge in [-0.25, -0.2) is 13.1 Å². The number of hydrogen-bond acceptors (Lipinski definition) is 4. The zero-order valence-electron chi connectivity index (χ0n) is 10.9. The molecular weight excluding hydrogens is 316 g/mol. The smallest absolute Gasteiger partial charge is 0.242 e. The number of sulfonamides is 1. The highest BCUT2D eigenvalue weighted by molar-refractivity contribution is 7.89. The molecule has 2 rings (SSSR count). The zero-order chi connectivity index (χ0) is 14.6. The maximum absolute atomic E-state index is 12.3. The fourth-order valence-electron chi connectivity index (χ4n) is 1.73. The SMILES string of the molecule is CCNc1ccccc1S(=O)(=O)NCc1ccc(Cl)s1. The number of nitrogens with one attached hydrogen (secondary N) is 2. The lowest BCUT2D eigenvalue weighted by Crippen LogP contribution is -2.23. The summed E-state index contributed by atoms with van der Waals surface area (Å²) in [5.74, 6) is 0. The van der Waals surface area contributed by atoms with Crippen LogP contribution >= 0.6 is 22.9 Å². The van der Waals surface area contributed by atoms with Crippen LogP contribution in [0.2, 0.25) is 4.34 Å². The van der Waals surface area contributed by atoms with Crippen LogP contribution in [0.3, 0.4) is 0 Å². The second kappa shape index (κ2) is 6.58. The van der Waals surface area contributed by atoms with Crippen LogP contribution in [-0.2, 0) is 16.6 Å². The Kier molecular flexibility index (Phi) is 5.04. The molecule has 2 aromatic rings. The molecule has 7 heteroatoms. The Bertz CT molecular complexity index is 683. The van der Waals surface area contributed by atoms with Gasteiger partial charge >= 0.3 is 0 Å². The molecule has 108 valence electrons. The van der Waals surface area contributed by atoms with E-state index in [0.717, 1.165) is 4.88 Å². The molecule has 20 heavy (non-hydrogen) atoms. The number of rotatable bonds is 6. The molecule has 0 fully saturated rings. The Morgan fingerprint density at radius 2 is 1.95 bits per heavy atom. The summed E-state index contributed by atoms with van der Waals surface area (Å²) in [4.78, 5) is 1.13. The van der Waals surface area contributed by atoms with Crippen LogP contribution in [-0.4, -0.2) is 15.0 Å². The first kappa shape index (κ1) is 15.3. The topological polar surface area (TPSA) is 58.2 Å². The van der Waals surface area contributed by atoms with E-state index in [9.17, 15) is 8.42 Å². The van der Waals surface area contributed by atoms with Crippen LogP contribution in [0.15, 0.2) is 41.3 Å². The van der Waals surface area contributed by atoms with Crippen molar-refractivity contribution in [3.8, 4) is 0 Å². The van der Waals surface area contributed by atoms with Crippen molar-refractivity contribution in [3.63, 3.8) is 0 Å². The molecule has 4 nitrogen and oxygen atoms in total. The molecule has 0 amide bonds. The third kappa shape index (κ3) is 3.73. The van der Waals surface area contributed by atoms with Gasteiger partial charge in [0.25, 0.3) is 0 Å². The Hall–Kier alpha value is -1.08. The van der Waals surface area contributed by atoms with Crippen molar-refractivity contribution in [1.29, 1.82) is 0 Å². The first-order valence-electron chi connectivity index (χ1n) is 6.09. The highest BCUT2D eigenvalue weighted by Crippen LogP contribution is 2.23. The van der Waals surface area contributed by atoms with Gasteiger partial charge in [0.15, 0.2) is 0 Å². The molecule has 0 aliphatic rings.